The molecule has 178 valence electrons. The lowest BCUT2D eigenvalue weighted by atomic mass is 9.71. The summed E-state index contributed by atoms with van der Waals surface area (Å²) in [6, 6.07) is 16.7. The lowest BCUT2D eigenvalue weighted by molar-refractivity contribution is -0.0819. The van der Waals surface area contributed by atoms with Gasteiger partial charge in [-0.25, -0.2) is 9.67 Å². The largest absolute Gasteiger partial charge is 0.378 e. The van der Waals surface area contributed by atoms with E-state index in [9.17, 15) is 0 Å². The molecule has 0 saturated carbocycles. The molecule has 0 radical (unpaired) electrons. The zero-order valence-corrected chi connectivity index (χ0v) is 22.4. The second-order valence-electron chi connectivity index (χ2n) is 9.88. The van der Waals surface area contributed by atoms with Crippen molar-refractivity contribution in [1.29, 1.82) is 0 Å². The second kappa shape index (κ2) is 11.6. The molecule has 4 nitrogen and oxygen atoms in total. The van der Waals surface area contributed by atoms with Crippen molar-refractivity contribution in [2.45, 2.75) is 70.9 Å². The van der Waals surface area contributed by atoms with Crippen molar-refractivity contribution < 1.29 is 4.74 Å². The minimum atomic E-state index is -0.335. The van der Waals surface area contributed by atoms with E-state index < -0.39 is 0 Å². The van der Waals surface area contributed by atoms with Gasteiger partial charge in [0.1, 0.15) is 12.7 Å². The smallest absolute Gasteiger partial charge is 0.137 e. The fraction of sp³-hybridized carbons (Fsp3) is 0.481. The number of rotatable bonds is 11. The number of ether oxygens (including phenoxy) is 1. The molecule has 0 aliphatic heterocycles. The van der Waals surface area contributed by atoms with Gasteiger partial charge in [0.05, 0.1) is 11.6 Å². The summed E-state index contributed by atoms with van der Waals surface area (Å²) in [5.74, 6) is 0. The van der Waals surface area contributed by atoms with Crippen molar-refractivity contribution in [3.8, 4) is 0 Å². The van der Waals surface area contributed by atoms with Crippen molar-refractivity contribution in [2.75, 3.05) is 7.11 Å². The molecule has 2 unspecified atom stereocenters. The fourth-order valence-corrected chi connectivity index (χ4v) is 5.67. The van der Waals surface area contributed by atoms with E-state index in [1.807, 2.05) is 30.3 Å². The van der Waals surface area contributed by atoms with E-state index in [-0.39, 0.29) is 17.1 Å². The molecule has 3 rings (SSSR count). The molecule has 0 bridgehead atoms. The first-order valence-electron chi connectivity index (χ1n) is 11.6. The van der Waals surface area contributed by atoms with E-state index in [4.69, 9.17) is 16.3 Å². The highest BCUT2D eigenvalue weighted by Crippen LogP contribution is 2.41. The van der Waals surface area contributed by atoms with Gasteiger partial charge in [-0.1, -0.05) is 91.5 Å². The van der Waals surface area contributed by atoms with Crippen LogP contribution in [-0.2, 0) is 23.1 Å². The number of hydrogen-bond acceptors (Lipinski definition) is 3. The molecule has 0 N–H and O–H groups in total. The Bertz CT molecular complexity index is 988. The quantitative estimate of drug-likeness (QED) is 0.240. The van der Waals surface area contributed by atoms with E-state index in [0.717, 1.165) is 48.0 Å². The van der Waals surface area contributed by atoms with Crippen LogP contribution >= 0.6 is 27.5 Å². The number of unbranched alkanes of at least 4 members (excludes halogenated alkanes) is 2. The van der Waals surface area contributed by atoms with Gasteiger partial charge < -0.3 is 4.74 Å². The number of halogens is 2. The van der Waals surface area contributed by atoms with Crippen molar-refractivity contribution in [2.24, 2.45) is 5.41 Å². The first-order chi connectivity index (χ1) is 15.8. The van der Waals surface area contributed by atoms with Gasteiger partial charge in [0.25, 0.3) is 0 Å². The molecular weight excluding hydrogens is 498 g/mol. The van der Waals surface area contributed by atoms with Crippen LogP contribution in [0.3, 0.4) is 0 Å². The number of methoxy groups -OCH3 is 1. The summed E-state index contributed by atoms with van der Waals surface area (Å²) in [5.41, 5.74) is 2.07. The van der Waals surface area contributed by atoms with Gasteiger partial charge >= 0.3 is 0 Å². The Labute approximate surface area is 211 Å². The van der Waals surface area contributed by atoms with E-state index in [1.165, 1.54) is 11.1 Å². The molecule has 0 saturated heterocycles. The summed E-state index contributed by atoms with van der Waals surface area (Å²) in [5, 5.41) is 5.48. The Morgan fingerprint density at radius 2 is 1.82 bits per heavy atom. The van der Waals surface area contributed by atoms with Gasteiger partial charge in [0.2, 0.25) is 0 Å². The summed E-state index contributed by atoms with van der Waals surface area (Å²) in [6.45, 7) is 6.73. The van der Waals surface area contributed by atoms with Crippen LogP contribution in [0, 0.1) is 5.41 Å². The molecule has 2 atom stereocenters. The number of aromatic nitrogens is 3. The Kier molecular flexibility index (Phi) is 9.14. The average molecular weight is 533 g/mol. The SMILES string of the molecule is COC(C(C)(C)C)C(CCCCCc1cc(Br)ccc1Cl)(Cc1ccccc1)n1cncn1. The van der Waals surface area contributed by atoms with Crippen LogP contribution in [0.5, 0.6) is 0 Å². The Balaban J connectivity index is 1.82. The number of nitrogens with zero attached hydrogens (tertiary/aromatic N) is 3. The van der Waals surface area contributed by atoms with E-state index in [1.54, 1.807) is 6.33 Å². The molecule has 0 fully saturated rings. The highest BCUT2D eigenvalue weighted by molar-refractivity contribution is 9.10. The third-order valence-corrected chi connectivity index (χ3v) is 7.16. The topological polar surface area (TPSA) is 39.9 Å². The van der Waals surface area contributed by atoms with Gasteiger partial charge in [0.15, 0.2) is 0 Å². The van der Waals surface area contributed by atoms with E-state index in [0.29, 0.717) is 0 Å². The first-order valence-corrected chi connectivity index (χ1v) is 12.8. The van der Waals surface area contributed by atoms with Gasteiger partial charge in [-0.15, -0.1) is 0 Å². The predicted molar refractivity (Wildman–Crippen MR) is 140 cm³/mol. The highest BCUT2D eigenvalue weighted by Gasteiger charge is 2.47. The number of hydrogen-bond donors (Lipinski definition) is 0. The molecule has 33 heavy (non-hydrogen) atoms. The number of aryl methyl sites for hydroxylation is 1. The Morgan fingerprint density at radius 3 is 2.45 bits per heavy atom. The summed E-state index contributed by atoms with van der Waals surface area (Å²) >= 11 is 9.95. The van der Waals surface area contributed by atoms with Crippen LogP contribution in [0.15, 0.2) is 65.7 Å². The van der Waals surface area contributed by atoms with Crippen LogP contribution in [0.4, 0.5) is 0 Å². The maximum absolute atomic E-state index is 6.39. The van der Waals surface area contributed by atoms with Gasteiger partial charge in [0, 0.05) is 23.0 Å². The maximum Gasteiger partial charge on any atom is 0.137 e. The first kappa shape index (κ1) is 25.9. The zero-order valence-electron chi connectivity index (χ0n) is 20.1. The summed E-state index contributed by atoms with van der Waals surface area (Å²) in [6.07, 6.45) is 9.46. The molecule has 1 aromatic heterocycles. The maximum atomic E-state index is 6.39. The van der Waals surface area contributed by atoms with Crippen LogP contribution in [-0.4, -0.2) is 28.0 Å². The molecular formula is C27H35BrClN3O. The lowest BCUT2D eigenvalue weighted by Crippen LogP contribution is -2.54. The van der Waals surface area contributed by atoms with Gasteiger partial charge in [-0.2, -0.15) is 5.10 Å². The van der Waals surface area contributed by atoms with Gasteiger partial charge in [-0.05, 0) is 54.0 Å². The van der Waals surface area contributed by atoms with Crippen LogP contribution < -0.4 is 0 Å². The molecule has 2 aromatic carbocycles. The summed E-state index contributed by atoms with van der Waals surface area (Å²) < 4.78 is 9.34. The molecule has 3 aromatic rings. The summed E-state index contributed by atoms with van der Waals surface area (Å²) in [7, 11) is 1.82. The van der Waals surface area contributed by atoms with Crippen LogP contribution in [0.2, 0.25) is 5.02 Å². The number of benzene rings is 2. The Hall–Kier alpha value is -1.69. The van der Waals surface area contributed by atoms with Gasteiger partial charge in [-0.3, -0.25) is 0 Å². The molecule has 6 heteroatoms. The van der Waals surface area contributed by atoms with Crippen molar-refractivity contribution in [1.82, 2.24) is 14.8 Å². The predicted octanol–water partition coefficient (Wildman–Crippen LogP) is 7.50. The fourth-order valence-electron chi connectivity index (χ4n) is 5.05. The third kappa shape index (κ3) is 6.68. The molecule has 0 aliphatic carbocycles. The van der Waals surface area contributed by atoms with Crippen LogP contribution in [0.25, 0.3) is 0 Å². The lowest BCUT2D eigenvalue weighted by Gasteiger charge is -2.46. The molecule has 0 spiro atoms. The highest BCUT2D eigenvalue weighted by atomic mass is 79.9. The van der Waals surface area contributed by atoms with E-state index in [2.05, 4.69) is 83.2 Å². The molecule has 0 amide bonds. The van der Waals surface area contributed by atoms with Crippen molar-refractivity contribution >= 4 is 27.5 Å². The van der Waals surface area contributed by atoms with Crippen molar-refractivity contribution in [3.05, 3.63) is 81.8 Å². The standard InChI is InChI=1S/C27H35BrClN3O/c1-26(2,3)25(33-4)27(32-20-30-19-31-32,18-21-11-7-5-8-12-21)16-10-6-9-13-22-17-23(28)14-15-24(22)29/h5,7-8,11-12,14-15,17,19-20,25H,6,9-10,13,16,18H2,1-4H3. The minimum Gasteiger partial charge on any atom is -0.378 e. The minimum absolute atomic E-state index is 0.0357. The molecule has 0 aliphatic rings. The third-order valence-electron chi connectivity index (χ3n) is 6.30. The zero-order chi connectivity index (χ0) is 23.9. The normalized spacial score (nSPS) is 14.7. The van der Waals surface area contributed by atoms with Crippen LogP contribution in [0.1, 0.15) is 57.6 Å². The van der Waals surface area contributed by atoms with Crippen molar-refractivity contribution in [3.63, 3.8) is 0 Å². The Morgan fingerprint density at radius 1 is 1.06 bits per heavy atom. The second-order valence-corrected chi connectivity index (χ2v) is 11.2. The van der Waals surface area contributed by atoms with E-state index >= 15 is 0 Å². The monoisotopic (exact) mass is 531 g/mol. The summed E-state index contributed by atoms with van der Waals surface area (Å²) in [4.78, 5) is 4.31. The molecule has 1 heterocycles. The average Bonchev–Trinajstić information content (AvgIpc) is 3.31.